The standard InChI is InChI=1S/C10H10FN5O/c11-7-1-2-9(8(12)3-7)15-10(17)4-16-6-13-5-14-16/h1-3,5-6H,4,12H2,(H,15,17). The molecule has 0 bridgehead atoms. The molecule has 0 saturated heterocycles. The second-order valence-corrected chi connectivity index (χ2v) is 3.37. The lowest BCUT2D eigenvalue weighted by molar-refractivity contribution is -0.116. The van der Waals surface area contributed by atoms with Crippen LogP contribution in [0.4, 0.5) is 15.8 Å². The molecule has 0 unspecified atom stereocenters. The highest BCUT2D eigenvalue weighted by atomic mass is 19.1. The van der Waals surface area contributed by atoms with Crippen molar-refractivity contribution in [2.24, 2.45) is 0 Å². The number of carbonyl (C=O) groups is 1. The van der Waals surface area contributed by atoms with Crippen LogP contribution in [-0.4, -0.2) is 20.7 Å². The van der Waals surface area contributed by atoms with Crippen LogP contribution in [0.15, 0.2) is 30.9 Å². The molecule has 2 aromatic rings. The van der Waals surface area contributed by atoms with Crippen molar-refractivity contribution in [2.45, 2.75) is 6.54 Å². The topological polar surface area (TPSA) is 85.8 Å². The second-order valence-electron chi connectivity index (χ2n) is 3.37. The predicted octanol–water partition coefficient (Wildman–Crippen LogP) is 0.638. The molecule has 7 heteroatoms. The Balaban J connectivity index is 2.03. The van der Waals surface area contributed by atoms with E-state index in [1.807, 2.05) is 0 Å². The Labute approximate surface area is 96.3 Å². The van der Waals surface area contributed by atoms with Crippen molar-refractivity contribution in [1.82, 2.24) is 14.8 Å². The monoisotopic (exact) mass is 235 g/mol. The zero-order valence-electron chi connectivity index (χ0n) is 8.80. The van der Waals surface area contributed by atoms with E-state index in [-0.39, 0.29) is 18.1 Å². The first-order valence-corrected chi connectivity index (χ1v) is 4.82. The molecule has 17 heavy (non-hydrogen) atoms. The number of nitrogens with two attached hydrogens (primary N) is 1. The van der Waals surface area contributed by atoms with Crippen LogP contribution in [-0.2, 0) is 11.3 Å². The number of anilines is 2. The summed E-state index contributed by atoms with van der Waals surface area (Å²) in [5.74, 6) is -0.759. The average molecular weight is 235 g/mol. The zero-order chi connectivity index (χ0) is 12.3. The molecule has 3 N–H and O–H groups in total. The molecule has 1 aromatic heterocycles. The van der Waals surface area contributed by atoms with Crippen LogP contribution in [0.1, 0.15) is 0 Å². The van der Waals surface area contributed by atoms with E-state index in [1.54, 1.807) is 0 Å². The molecule has 0 aliphatic heterocycles. The van der Waals surface area contributed by atoms with E-state index < -0.39 is 5.82 Å². The number of nitrogen functional groups attached to an aromatic ring is 1. The Kier molecular flexibility index (Phi) is 2.99. The fourth-order valence-electron chi connectivity index (χ4n) is 1.30. The first-order chi connectivity index (χ1) is 8.15. The molecule has 0 saturated carbocycles. The van der Waals surface area contributed by atoms with Crippen LogP contribution < -0.4 is 11.1 Å². The second kappa shape index (κ2) is 4.60. The maximum absolute atomic E-state index is 12.8. The average Bonchev–Trinajstić information content (AvgIpc) is 2.75. The summed E-state index contributed by atoms with van der Waals surface area (Å²) < 4.78 is 14.1. The number of halogens is 1. The van der Waals surface area contributed by atoms with Gasteiger partial charge in [0.1, 0.15) is 25.0 Å². The van der Waals surface area contributed by atoms with Crippen molar-refractivity contribution >= 4 is 17.3 Å². The summed E-state index contributed by atoms with van der Waals surface area (Å²) in [4.78, 5) is 15.3. The van der Waals surface area contributed by atoms with Gasteiger partial charge >= 0.3 is 0 Å². The van der Waals surface area contributed by atoms with Gasteiger partial charge in [-0.25, -0.2) is 14.1 Å². The van der Waals surface area contributed by atoms with E-state index in [4.69, 9.17) is 5.73 Å². The van der Waals surface area contributed by atoms with Crippen molar-refractivity contribution in [3.05, 3.63) is 36.7 Å². The molecule has 0 aliphatic rings. The minimum atomic E-state index is -0.447. The van der Waals surface area contributed by atoms with Gasteiger partial charge in [-0.3, -0.25) is 4.79 Å². The SMILES string of the molecule is Nc1cc(F)ccc1NC(=O)Cn1cncn1. The number of aromatic nitrogens is 3. The lowest BCUT2D eigenvalue weighted by atomic mass is 10.2. The van der Waals surface area contributed by atoms with E-state index in [0.29, 0.717) is 5.69 Å². The molecule has 0 radical (unpaired) electrons. The summed E-state index contributed by atoms with van der Waals surface area (Å²) in [6.07, 6.45) is 2.76. The van der Waals surface area contributed by atoms with Gasteiger partial charge in [0, 0.05) is 0 Å². The fraction of sp³-hybridized carbons (Fsp3) is 0.100. The van der Waals surface area contributed by atoms with Crippen molar-refractivity contribution < 1.29 is 9.18 Å². The first kappa shape index (κ1) is 11.1. The number of carbonyl (C=O) groups excluding carboxylic acids is 1. The van der Waals surface area contributed by atoms with Gasteiger partial charge in [-0.15, -0.1) is 0 Å². The summed E-state index contributed by atoms with van der Waals surface area (Å²) in [6.45, 7) is 0.0246. The molecule has 6 nitrogen and oxygen atoms in total. The predicted molar refractivity (Wildman–Crippen MR) is 59.5 cm³/mol. The van der Waals surface area contributed by atoms with Gasteiger partial charge in [-0.1, -0.05) is 0 Å². The number of nitrogens with zero attached hydrogens (tertiary/aromatic N) is 3. The number of hydrogen-bond donors (Lipinski definition) is 2. The first-order valence-electron chi connectivity index (χ1n) is 4.82. The van der Waals surface area contributed by atoms with Gasteiger partial charge in [0.05, 0.1) is 11.4 Å². The Hall–Kier alpha value is -2.44. The fourth-order valence-corrected chi connectivity index (χ4v) is 1.30. The summed E-state index contributed by atoms with van der Waals surface area (Å²) in [7, 11) is 0. The lowest BCUT2D eigenvalue weighted by Crippen LogP contribution is -2.19. The number of rotatable bonds is 3. The van der Waals surface area contributed by atoms with Crippen LogP contribution >= 0.6 is 0 Å². The molecule has 0 atom stereocenters. The Morgan fingerprint density at radius 3 is 3.00 bits per heavy atom. The number of benzene rings is 1. The zero-order valence-corrected chi connectivity index (χ0v) is 8.80. The van der Waals surface area contributed by atoms with E-state index in [9.17, 15) is 9.18 Å². The minimum Gasteiger partial charge on any atom is -0.397 e. The highest BCUT2D eigenvalue weighted by Crippen LogP contribution is 2.18. The molecule has 0 aliphatic carbocycles. The smallest absolute Gasteiger partial charge is 0.246 e. The van der Waals surface area contributed by atoms with Gasteiger partial charge in [0.15, 0.2) is 0 Å². The third kappa shape index (κ3) is 2.77. The van der Waals surface area contributed by atoms with E-state index >= 15 is 0 Å². The molecular weight excluding hydrogens is 225 g/mol. The Morgan fingerprint density at radius 2 is 2.35 bits per heavy atom. The van der Waals surface area contributed by atoms with Crippen molar-refractivity contribution in [3.8, 4) is 0 Å². The van der Waals surface area contributed by atoms with Crippen LogP contribution in [0.5, 0.6) is 0 Å². The molecule has 0 fully saturated rings. The van der Waals surface area contributed by atoms with E-state index in [2.05, 4.69) is 15.4 Å². The largest absolute Gasteiger partial charge is 0.397 e. The maximum atomic E-state index is 12.8. The summed E-state index contributed by atoms with van der Waals surface area (Å²) in [5, 5.41) is 6.34. The highest BCUT2D eigenvalue weighted by molar-refractivity contribution is 5.93. The maximum Gasteiger partial charge on any atom is 0.246 e. The molecule has 88 valence electrons. The van der Waals surface area contributed by atoms with Crippen LogP contribution in [0, 0.1) is 5.82 Å². The molecular formula is C10H10FN5O. The van der Waals surface area contributed by atoms with Crippen molar-refractivity contribution in [2.75, 3.05) is 11.1 Å². The number of nitrogens with one attached hydrogen (secondary N) is 1. The van der Waals surface area contributed by atoms with E-state index in [1.165, 1.54) is 29.5 Å². The third-order valence-electron chi connectivity index (χ3n) is 2.06. The van der Waals surface area contributed by atoms with Gasteiger partial charge in [0.25, 0.3) is 0 Å². The summed E-state index contributed by atoms with van der Waals surface area (Å²) >= 11 is 0. The summed E-state index contributed by atoms with van der Waals surface area (Å²) in [6, 6.07) is 3.77. The quantitative estimate of drug-likeness (QED) is 0.764. The van der Waals surface area contributed by atoms with Crippen LogP contribution in [0.25, 0.3) is 0 Å². The Morgan fingerprint density at radius 1 is 1.53 bits per heavy atom. The van der Waals surface area contributed by atoms with Crippen LogP contribution in [0.3, 0.4) is 0 Å². The Bertz CT molecular complexity index is 525. The molecule has 1 amide bonds. The lowest BCUT2D eigenvalue weighted by Gasteiger charge is -2.07. The minimum absolute atomic E-state index is 0.0246. The van der Waals surface area contributed by atoms with Crippen LogP contribution in [0.2, 0.25) is 0 Å². The molecule has 2 rings (SSSR count). The van der Waals surface area contributed by atoms with Gasteiger partial charge < -0.3 is 11.1 Å². The number of amides is 1. The van der Waals surface area contributed by atoms with E-state index in [0.717, 1.165) is 6.07 Å². The molecule has 1 heterocycles. The number of hydrogen-bond acceptors (Lipinski definition) is 4. The molecule has 0 spiro atoms. The van der Waals surface area contributed by atoms with Gasteiger partial charge in [-0.05, 0) is 18.2 Å². The van der Waals surface area contributed by atoms with Crippen molar-refractivity contribution in [3.63, 3.8) is 0 Å². The van der Waals surface area contributed by atoms with Gasteiger partial charge in [0.2, 0.25) is 5.91 Å². The highest BCUT2D eigenvalue weighted by Gasteiger charge is 2.07. The third-order valence-corrected chi connectivity index (χ3v) is 2.06. The normalized spacial score (nSPS) is 10.2. The van der Waals surface area contributed by atoms with Gasteiger partial charge in [-0.2, -0.15) is 5.10 Å². The van der Waals surface area contributed by atoms with Crippen molar-refractivity contribution in [1.29, 1.82) is 0 Å². The summed E-state index contributed by atoms with van der Waals surface area (Å²) in [5.41, 5.74) is 6.10. The molecule has 1 aromatic carbocycles.